The van der Waals surface area contributed by atoms with E-state index in [-0.39, 0.29) is 12.1 Å². The number of hydrogen-bond acceptors (Lipinski definition) is 4. The van der Waals surface area contributed by atoms with Gasteiger partial charge in [-0.1, -0.05) is 30.3 Å². The summed E-state index contributed by atoms with van der Waals surface area (Å²) < 4.78 is 5.21. The first-order valence-corrected chi connectivity index (χ1v) is 9.47. The molecule has 0 spiro atoms. The number of thiophene rings is 1. The first-order valence-electron chi connectivity index (χ1n) is 8.59. The molecule has 0 saturated heterocycles. The van der Waals surface area contributed by atoms with Gasteiger partial charge in [0.15, 0.2) is 0 Å². The van der Waals surface area contributed by atoms with Crippen LogP contribution in [0.5, 0.6) is 5.75 Å². The molecular weight excluding hydrogens is 344 g/mol. The van der Waals surface area contributed by atoms with E-state index in [9.17, 15) is 4.79 Å². The summed E-state index contributed by atoms with van der Waals surface area (Å²) in [5.74, 6) is 0.918. The Balaban J connectivity index is 1.59. The maximum absolute atomic E-state index is 13.1. The molecule has 2 aromatic carbocycles. The molecule has 1 amide bonds. The quantitative estimate of drug-likeness (QED) is 0.721. The molecule has 2 heterocycles. The molecule has 1 N–H and O–H groups in total. The largest absolute Gasteiger partial charge is 0.497 e. The normalized spacial score (nSPS) is 16.1. The predicted molar refractivity (Wildman–Crippen MR) is 105 cm³/mol. The van der Waals surface area contributed by atoms with Gasteiger partial charge in [0.2, 0.25) is 0 Å². The van der Waals surface area contributed by atoms with Gasteiger partial charge in [0.1, 0.15) is 11.9 Å². The Bertz CT molecular complexity index is 891. The Kier molecular flexibility index (Phi) is 4.63. The van der Waals surface area contributed by atoms with E-state index in [2.05, 4.69) is 23.5 Å². The molecule has 0 aliphatic carbocycles. The maximum Gasteiger partial charge on any atom is 0.257 e. The van der Waals surface area contributed by atoms with Crippen LogP contribution in [-0.4, -0.2) is 24.5 Å². The summed E-state index contributed by atoms with van der Waals surface area (Å²) in [4.78, 5) is 16.2. The monoisotopic (exact) mass is 364 g/mol. The fraction of sp³-hybridized carbons (Fsp3) is 0.190. The number of nitrogens with zero attached hydrogens (tertiary/aromatic N) is 1. The van der Waals surface area contributed by atoms with E-state index in [1.165, 1.54) is 5.56 Å². The van der Waals surface area contributed by atoms with Crippen molar-refractivity contribution >= 4 is 22.9 Å². The van der Waals surface area contributed by atoms with Crippen molar-refractivity contribution in [2.24, 2.45) is 0 Å². The SMILES string of the molecule is COc1ccc(CCN2C(=O)c3ccccc3N[C@@H]2c2cccs2)cc1. The van der Waals surface area contributed by atoms with Crippen LogP contribution in [0.2, 0.25) is 0 Å². The number of hydrogen-bond donors (Lipinski definition) is 1. The smallest absolute Gasteiger partial charge is 0.257 e. The number of amides is 1. The van der Waals surface area contributed by atoms with Crippen LogP contribution >= 0.6 is 11.3 Å². The number of carbonyl (C=O) groups excluding carboxylic acids is 1. The summed E-state index contributed by atoms with van der Waals surface area (Å²) in [6.45, 7) is 0.648. The first kappa shape index (κ1) is 16.7. The van der Waals surface area contributed by atoms with Crippen molar-refractivity contribution in [3.05, 3.63) is 82.0 Å². The average molecular weight is 364 g/mol. The molecule has 1 atom stereocenters. The average Bonchev–Trinajstić information content (AvgIpc) is 3.22. The molecule has 0 unspecified atom stereocenters. The number of methoxy groups -OCH3 is 1. The molecule has 132 valence electrons. The number of nitrogens with one attached hydrogen (secondary N) is 1. The van der Waals surface area contributed by atoms with E-state index in [1.807, 2.05) is 52.7 Å². The van der Waals surface area contributed by atoms with Crippen LogP contribution in [0, 0.1) is 0 Å². The highest BCUT2D eigenvalue weighted by Gasteiger charge is 2.32. The molecule has 26 heavy (non-hydrogen) atoms. The highest BCUT2D eigenvalue weighted by atomic mass is 32.1. The van der Waals surface area contributed by atoms with Gasteiger partial charge in [0, 0.05) is 17.1 Å². The lowest BCUT2D eigenvalue weighted by atomic mass is 10.1. The molecule has 1 aromatic heterocycles. The summed E-state index contributed by atoms with van der Waals surface area (Å²) >= 11 is 1.66. The highest BCUT2D eigenvalue weighted by Crippen LogP contribution is 2.34. The van der Waals surface area contributed by atoms with Crippen LogP contribution in [0.1, 0.15) is 27.0 Å². The van der Waals surface area contributed by atoms with Crippen LogP contribution in [-0.2, 0) is 6.42 Å². The Hall–Kier alpha value is -2.79. The minimum absolute atomic E-state index is 0.0752. The van der Waals surface area contributed by atoms with Crippen molar-refractivity contribution < 1.29 is 9.53 Å². The summed E-state index contributed by atoms with van der Waals surface area (Å²) in [6.07, 6.45) is 0.664. The second-order valence-corrected chi connectivity index (χ2v) is 7.18. The lowest BCUT2D eigenvalue weighted by Gasteiger charge is -2.37. The van der Waals surface area contributed by atoms with Crippen LogP contribution in [0.15, 0.2) is 66.0 Å². The van der Waals surface area contributed by atoms with Crippen molar-refractivity contribution in [2.75, 3.05) is 19.0 Å². The maximum atomic E-state index is 13.1. The number of benzene rings is 2. The van der Waals surface area contributed by atoms with Crippen LogP contribution in [0.3, 0.4) is 0 Å². The summed E-state index contributed by atoms with van der Waals surface area (Å²) in [7, 11) is 1.66. The fourth-order valence-electron chi connectivity index (χ4n) is 3.24. The third kappa shape index (κ3) is 3.18. The zero-order valence-corrected chi connectivity index (χ0v) is 15.3. The van der Waals surface area contributed by atoms with E-state index in [1.54, 1.807) is 18.4 Å². The minimum atomic E-state index is -0.129. The topological polar surface area (TPSA) is 41.6 Å². The molecule has 0 fully saturated rings. The van der Waals surface area contributed by atoms with E-state index in [0.717, 1.165) is 28.3 Å². The van der Waals surface area contributed by atoms with Crippen molar-refractivity contribution in [3.63, 3.8) is 0 Å². The zero-order valence-electron chi connectivity index (χ0n) is 14.5. The van der Waals surface area contributed by atoms with Gasteiger partial charge >= 0.3 is 0 Å². The van der Waals surface area contributed by atoms with Gasteiger partial charge in [-0.05, 0) is 47.7 Å². The van der Waals surface area contributed by atoms with Crippen LogP contribution in [0.25, 0.3) is 0 Å². The fourth-order valence-corrected chi connectivity index (χ4v) is 4.02. The second-order valence-electron chi connectivity index (χ2n) is 6.20. The summed E-state index contributed by atoms with van der Waals surface area (Å²) in [6, 6.07) is 19.8. The molecule has 3 aromatic rings. The number of ether oxygens (including phenoxy) is 1. The van der Waals surface area contributed by atoms with Gasteiger partial charge in [-0.15, -0.1) is 11.3 Å². The number of para-hydroxylation sites is 1. The Labute approximate surface area is 157 Å². The van der Waals surface area contributed by atoms with Gasteiger partial charge in [0.05, 0.1) is 12.7 Å². The van der Waals surface area contributed by atoms with Gasteiger partial charge in [-0.25, -0.2) is 0 Å². The van der Waals surface area contributed by atoms with Gasteiger partial charge < -0.3 is 15.0 Å². The molecule has 4 nitrogen and oxygen atoms in total. The van der Waals surface area contributed by atoms with Crippen molar-refractivity contribution in [3.8, 4) is 5.75 Å². The Morgan fingerprint density at radius 2 is 1.88 bits per heavy atom. The third-order valence-corrected chi connectivity index (χ3v) is 5.56. The van der Waals surface area contributed by atoms with Crippen molar-refractivity contribution in [1.29, 1.82) is 0 Å². The van der Waals surface area contributed by atoms with Crippen LogP contribution in [0.4, 0.5) is 5.69 Å². The standard InChI is InChI=1S/C21H20N2O2S/c1-25-16-10-8-15(9-11-16)12-13-23-20(19-7-4-14-26-19)22-18-6-3-2-5-17(18)21(23)24/h2-11,14,20,22H,12-13H2,1H3/t20-/m0/s1. The lowest BCUT2D eigenvalue weighted by molar-refractivity contribution is 0.0688. The molecule has 4 rings (SSSR count). The highest BCUT2D eigenvalue weighted by molar-refractivity contribution is 7.10. The molecule has 1 aliphatic heterocycles. The van der Waals surface area contributed by atoms with Crippen molar-refractivity contribution in [1.82, 2.24) is 4.90 Å². The number of rotatable bonds is 5. The van der Waals surface area contributed by atoms with E-state index in [0.29, 0.717) is 6.54 Å². The Morgan fingerprint density at radius 3 is 2.62 bits per heavy atom. The molecule has 0 bridgehead atoms. The predicted octanol–water partition coefficient (Wildman–Crippen LogP) is 4.57. The van der Waals surface area contributed by atoms with E-state index >= 15 is 0 Å². The Morgan fingerprint density at radius 1 is 1.08 bits per heavy atom. The number of anilines is 1. The second kappa shape index (κ2) is 7.22. The van der Waals surface area contributed by atoms with E-state index in [4.69, 9.17) is 4.74 Å². The van der Waals surface area contributed by atoms with Gasteiger partial charge in [-0.3, -0.25) is 4.79 Å². The van der Waals surface area contributed by atoms with Crippen molar-refractivity contribution in [2.45, 2.75) is 12.6 Å². The van der Waals surface area contributed by atoms with Gasteiger partial charge in [-0.2, -0.15) is 0 Å². The molecule has 1 aliphatic rings. The number of fused-ring (bicyclic) bond motifs is 1. The molecule has 5 heteroatoms. The molecule has 0 saturated carbocycles. The lowest BCUT2D eigenvalue weighted by Crippen LogP contribution is -2.43. The molecule has 0 radical (unpaired) electrons. The number of carbonyl (C=O) groups is 1. The van der Waals surface area contributed by atoms with Crippen LogP contribution < -0.4 is 10.1 Å². The molecular formula is C21H20N2O2S. The minimum Gasteiger partial charge on any atom is -0.497 e. The third-order valence-electron chi connectivity index (χ3n) is 4.64. The summed E-state index contributed by atoms with van der Waals surface area (Å²) in [5.41, 5.74) is 2.81. The summed E-state index contributed by atoms with van der Waals surface area (Å²) in [5, 5.41) is 5.58. The van der Waals surface area contributed by atoms with Gasteiger partial charge in [0.25, 0.3) is 5.91 Å². The van der Waals surface area contributed by atoms with E-state index < -0.39 is 0 Å². The first-order chi connectivity index (χ1) is 12.8. The zero-order chi connectivity index (χ0) is 17.9.